The predicted molar refractivity (Wildman–Crippen MR) is 106 cm³/mol. The Labute approximate surface area is 160 Å². The van der Waals surface area contributed by atoms with Crippen LogP contribution in [0.4, 0.5) is 0 Å². The van der Waals surface area contributed by atoms with Crippen molar-refractivity contribution >= 4 is 5.91 Å². The van der Waals surface area contributed by atoms with Crippen molar-refractivity contribution in [2.75, 3.05) is 26.2 Å². The van der Waals surface area contributed by atoms with E-state index in [4.69, 9.17) is 10.5 Å². The Morgan fingerprint density at radius 2 is 2.00 bits per heavy atom. The number of carbonyl (C=O) groups is 1. The minimum Gasteiger partial charge on any atom is -0.493 e. The van der Waals surface area contributed by atoms with Gasteiger partial charge in [0.05, 0.1) is 13.2 Å². The number of benzene rings is 2. The Balaban J connectivity index is 1.75. The van der Waals surface area contributed by atoms with Gasteiger partial charge in [-0.1, -0.05) is 30.3 Å². The third kappa shape index (κ3) is 4.15. The van der Waals surface area contributed by atoms with E-state index in [0.29, 0.717) is 44.0 Å². The van der Waals surface area contributed by atoms with Crippen LogP contribution in [0.25, 0.3) is 0 Å². The van der Waals surface area contributed by atoms with Gasteiger partial charge in [0.1, 0.15) is 11.4 Å². The SMILES string of the molecule is Cc1ccc(C(=O)N2CC[C@@](O)(c3ccccc3C)C2)cc1OCCCN. The molecule has 1 aliphatic heterocycles. The molecule has 2 aromatic rings. The van der Waals surface area contributed by atoms with E-state index < -0.39 is 5.60 Å². The number of likely N-dealkylation sites (tertiary alicyclic amines) is 1. The van der Waals surface area contributed by atoms with E-state index >= 15 is 0 Å². The Morgan fingerprint density at radius 1 is 1.22 bits per heavy atom. The minimum absolute atomic E-state index is 0.0804. The molecule has 1 saturated heterocycles. The van der Waals surface area contributed by atoms with Gasteiger partial charge in [0.25, 0.3) is 5.91 Å². The number of hydrogen-bond acceptors (Lipinski definition) is 4. The molecule has 1 heterocycles. The summed E-state index contributed by atoms with van der Waals surface area (Å²) in [6, 6.07) is 13.3. The van der Waals surface area contributed by atoms with Crippen molar-refractivity contribution < 1.29 is 14.6 Å². The highest BCUT2D eigenvalue weighted by Crippen LogP contribution is 2.34. The summed E-state index contributed by atoms with van der Waals surface area (Å²) in [6.07, 6.45) is 1.31. The number of rotatable bonds is 6. The van der Waals surface area contributed by atoms with Gasteiger partial charge in [-0.2, -0.15) is 0 Å². The summed E-state index contributed by atoms with van der Waals surface area (Å²) < 4.78 is 5.76. The molecule has 0 aliphatic carbocycles. The Bertz CT molecular complexity index is 821. The van der Waals surface area contributed by atoms with Gasteiger partial charge in [0, 0.05) is 12.1 Å². The number of nitrogens with two attached hydrogens (primary N) is 1. The fourth-order valence-electron chi connectivity index (χ4n) is 3.62. The van der Waals surface area contributed by atoms with Crippen LogP contribution in [0, 0.1) is 13.8 Å². The molecule has 3 N–H and O–H groups in total. The van der Waals surface area contributed by atoms with Crippen LogP contribution in [0.2, 0.25) is 0 Å². The molecule has 0 unspecified atom stereocenters. The summed E-state index contributed by atoms with van der Waals surface area (Å²) in [4.78, 5) is 14.7. The molecule has 5 heteroatoms. The van der Waals surface area contributed by atoms with Gasteiger partial charge in [0.15, 0.2) is 0 Å². The maximum Gasteiger partial charge on any atom is 0.254 e. The first-order valence-corrected chi connectivity index (χ1v) is 9.46. The van der Waals surface area contributed by atoms with Gasteiger partial charge < -0.3 is 20.5 Å². The van der Waals surface area contributed by atoms with E-state index in [2.05, 4.69) is 0 Å². The standard InChI is InChI=1S/C22H28N2O3/c1-16-6-3-4-7-19(16)22(26)10-12-24(15-22)21(25)18-9-8-17(2)20(14-18)27-13-5-11-23/h3-4,6-9,14,26H,5,10-13,15,23H2,1-2H3/t22-/m0/s1. The lowest BCUT2D eigenvalue weighted by Crippen LogP contribution is -2.34. The average molecular weight is 368 g/mol. The lowest BCUT2D eigenvalue weighted by molar-refractivity contribution is 0.0412. The van der Waals surface area contributed by atoms with E-state index in [1.165, 1.54) is 0 Å². The van der Waals surface area contributed by atoms with E-state index in [9.17, 15) is 9.90 Å². The molecular formula is C22H28N2O3. The van der Waals surface area contributed by atoms with Gasteiger partial charge in [-0.05, 0) is 62.1 Å². The van der Waals surface area contributed by atoms with E-state index in [-0.39, 0.29) is 5.91 Å². The van der Waals surface area contributed by atoms with E-state index in [0.717, 1.165) is 23.1 Å². The summed E-state index contributed by atoms with van der Waals surface area (Å²) in [7, 11) is 0. The van der Waals surface area contributed by atoms with Crippen LogP contribution < -0.4 is 10.5 Å². The van der Waals surface area contributed by atoms with Crippen molar-refractivity contribution in [1.29, 1.82) is 0 Å². The molecule has 0 saturated carbocycles. The van der Waals surface area contributed by atoms with Crippen LogP contribution in [-0.4, -0.2) is 42.2 Å². The quantitative estimate of drug-likeness (QED) is 0.769. The summed E-state index contributed by atoms with van der Waals surface area (Å²) in [6.45, 7) is 5.88. The van der Waals surface area contributed by atoms with Gasteiger partial charge in [-0.15, -0.1) is 0 Å². The fourth-order valence-corrected chi connectivity index (χ4v) is 3.62. The number of aryl methyl sites for hydroxylation is 2. The van der Waals surface area contributed by atoms with Crippen LogP contribution in [0.3, 0.4) is 0 Å². The maximum atomic E-state index is 13.0. The number of ether oxygens (including phenoxy) is 1. The molecule has 144 valence electrons. The Kier molecular flexibility index (Phi) is 5.82. The van der Waals surface area contributed by atoms with Crippen molar-refractivity contribution in [1.82, 2.24) is 4.90 Å². The molecule has 0 spiro atoms. The van der Waals surface area contributed by atoms with Crippen LogP contribution >= 0.6 is 0 Å². The maximum absolute atomic E-state index is 13.0. The number of β-amino-alcohol motifs (C(OH)–C–C–N with tert-alkyl or cyclic N) is 1. The van der Waals surface area contributed by atoms with Crippen molar-refractivity contribution in [3.63, 3.8) is 0 Å². The molecule has 27 heavy (non-hydrogen) atoms. The average Bonchev–Trinajstić information content (AvgIpc) is 3.06. The zero-order valence-corrected chi connectivity index (χ0v) is 16.1. The second-order valence-corrected chi connectivity index (χ2v) is 7.29. The normalized spacial score (nSPS) is 19.3. The zero-order valence-electron chi connectivity index (χ0n) is 16.1. The molecular weight excluding hydrogens is 340 g/mol. The van der Waals surface area contributed by atoms with Crippen molar-refractivity contribution in [3.05, 3.63) is 64.7 Å². The predicted octanol–water partition coefficient (Wildman–Crippen LogP) is 2.76. The molecule has 1 amide bonds. The molecule has 5 nitrogen and oxygen atoms in total. The molecule has 0 radical (unpaired) electrons. The molecule has 1 aliphatic rings. The molecule has 3 rings (SSSR count). The number of amides is 1. The summed E-state index contributed by atoms with van der Waals surface area (Å²) >= 11 is 0. The van der Waals surface area contributed by atoms with Crippen LogP contribution in [0.1, 0.15) is 39.9 Å². The first kappa shape index (κ1) is 19.4. The highest BCUT2D eigenvalue weighted by molar-refractivity contribution is 5.95. The zero-order chi connectivity index (χ0) is 19.4. The Morgan fingerprint density at radius 3 is 2.74 bits per heavy atom. The minimum atomic E-state index is -0.994. The van der Waals surface area contributed by atoms with Crippen LogP contribution in [-0.2, 0) is 5.60 Å². The lowest BCUT2D eigenvalue weighted by Gasteiger charge is -2.25. The topological polar surface area (TPSA) is 75.8 Å². The van der Waals surface area contributed by atoms with Crippen molar-refractivity contribution in [2.45, 2.75) is 32.3 Å². The third-order valence-electron chi connectivity index (χ3n) is 5.22. The smallest absolute Gasteiger partial charge is 0.254 e. The summed E-state index contributed by atoms with van der Waals surface area (Å²) in [5.41, 5.74) is 8.03. The molecule has 2 aromatic carbocycles. The molecule has 0 bridgehead atoms. The van der Waals surface area contributed by atoms with Gasteiger partial charge >= 0.3 is 0 Å². The summed E-state index contributed by atoms with van der Waals surface area (Å²) in [5.74, 6) is 0.630. The number of hydrogen-bond donors (Lipinski definition) is 2. The third-order valence-corrected chi connectivity index (χ3v) is 5.22. The monoisotopic (exact) mass is 368 g/mol. The van der Waals surface area contributed by atoms with Gasteiger partial charge in [-0.25, -0.2) is 0 Å². The number of aliphatic hydroxyl groups is 1. The molecule has 1 atom stereocenters. The van der Waals surface area contributed by atoms with E-state index in [1.54, 1.807) is 11.0 Å². The lowest BCUT2D eigenvalue weighted by atomic mass is 9.89. The second-order valence-electron chi connectivity index (χ2n) is 7.29. The largest absolute Gasteiger partial charge is 0.493 e. The van der Waals surface area contributed by atoms with Crippen LogP contribution in [0.5, 0.6) is 5.75 Å². The van der Waals surface area contributed by atoms with Crippen molar-refractivity contribution in [3.8, 4) is 5.75 Å². The van der Waals surface area contributed by atoms with Gasteiger partial charge in [-0.3, -0.25) is 4.79 Å². The van der Waals surface area contributed by atoms with Crippen LogP contribution in [0.15, 0.2) is 42.5 Å². The number of carbonyl (C=O) groups excluding carboxylic acids is 1. The highest BCUT2D eigenvalue weighted by atomic mass is 16.5. The number of nitrogens with zero attached hydrogens (tertiary/aromatic N) is 1. The molecule has 1 fully saturated rings. The highest BCUT2D eigenvalue weighted by Gasteiger charge is 2.40. The fraction of sp³-hybridized carbons (Fsp3) is 0.409. The first-order valence-electron chi connectivity index (χ1n) is 9.46. The van der Waals surface area contributed by atoms with Crippen molar-refractivity contribution in [2.24, 2.45) is 5.73 Å². The molecule has 0 aromatic heterocycles. The van der Waals surface area contributed by atoms with Gasteiger partial charge in [0.2, 0.25) is 0 Å². The van der Waals surface area contributed by atoms with E-state index in [1.807, 2.05) is 50.2 Å². The second kappa shape index (κ2) is 8.11. The summed E-state index contributed by atoms with van der Waals surface area (Å²) in [5, 5.41) is 11.1. The Hall–Kier alpha value is -2.37. The first-order chi connectivity index (χ1) is 12.9.